The zero-order valence-corrected chi connectivity index (χ0v) is 16.2. The van der Waals surface area contributed by atoms with E-state index in [0.717, 1.165) is 44.5 Å². The first-order valence-corrected chi connectivity index (χ1v) is 10.0. The average Bonchev–Trinajstić information content (AvgIpc) is 3.51. The number of aromatic amines is 2. The summed E-state index contributed by atoms with van der Waals surface area (Å²) >= 11 is 1.69. The summed E-state index contributed by atoms with van der Waals surface area (Å²) in [7, 11) is 1.90. The highest BCUT2D eigenvalue weighted by atomic mass is 32.1. The smallest absolute Gasteiger partial charge is 0.181 e. The quantitative estimate of drug-likeness (QED) is 0.456. The van der Waals surface area contributed by atoms with Gasteiger partial charge in [0.1, 0.15) is 5.65 Å². The molecule has 2 N–H and O–H groups in total. The maximum absolute atomic E-state index is 4.52. The van der Waals surface area contributed by atoms with E-state index in [0.29, 0.717) is 5.65 Å². The number of H-pyrrole nitrogens is 2. The van der Waals surface area contributed by atoms with Crippen molar-refractivity contribution in [3.8, 4) is 33.6 Å². The molecule has 0 bridgehead atoms. The Balaban J connectivity index is 1.53. The maximum atomic E-state index is 4.52. The van der Waals surface area contributed by atoms with Crippen molar-refractivity contribution in [3.05, 3.63) is 59.8 Å². The van der Waals surface area contributed by atoms with E-state index in [4.69, 9.17) is 0 Å². The van der Waals surface area contributed by atoms with Gasteiger partial charge in [0.25, 0.3) is 0 Å². The number of aromatic nitrogens is 7. The highest BCUT2D eigenvalue weighted by molar-refractivity contribution is 7.08. The molecule has 0 atom stereocenters. The molecular formula is C21H15N7S. The second-order valence-corrected chi connectivity index (χ2v) is 7.69. The number of rotatable bonds is 3. The van der Waals surface area contributed by atoms with Gasteiger partial charge < -0.3 is 4.98 Å². The molecule has 0 saturated heterocycles. The predicted octanol–water partition coefficient (Wildman–Crippen LogP) is 4.63. The lowest BCUT2D eigenvalue weighted by Crippen LogP contribution is -1.84. The van der Waals surface area contributed by atoms with Crippen LogP contribution in [0, 0.1) is 0 Å². The van der Waals surface area contributed by atoms with E-state index in [9.17, 15) is 0 Å². The molecule has 0 fully saturated rings. The van der Waals surface area contributed by atoms with Gasteiger partial charge in [-0.3, -0.25) is 9.78 Å². The van der Waals surface area contributed by atoms with Crippen LogP contribution in [0.25, 0.3) is 55.7 Å². The number of hydrogen-bond donors (Lipinski definition) is 2. The second-order valence-electron chi connectivity index (χ2n) is 6.91. The van der Waals surface area contributed by atoms with Crippen LogP contribution in [0.3, 0.4) is 0 Å². The summed E-state index contributed by atoms with van der Waals surface area (Å²) in [6.07, 6.45) is 7.47. The third-order valence-electron chi connectivity index (χ3n) is 5.08. The Morgan fingerprint density at radius 2 is 1.97 bits per heavy atom. The van der Waals surface area contributed by atoms with Gasteiger partial charge in [0.05, 0.1) is 17.6 Å². The van der Waals surface area contributed by atoms with E-state index in [-0.39, 0.29) is 0 Å². The van der Waals surface area contributed by atoms with Crippen LogP contribution in [0.4, 0.5) is 0 Å². The zero-order chi connectivity index (χ0) is 19.4. The molecule has 8 heteroatoms. The van der Waals surface area contributed by atoms with Gasteiger partial charge in [-0.1, -0.05) is 0 Å². The minimum Gasteiger partial charge on any atom is -0.338 e. The fourth-order valence-electron chi connectivity index (χ4n) is 3.66. The molecule has 0 saturated carbocycles. The van der Waals surface area contributed by atoms with Gasteiger partial charge in [0.2, 0.25) is 0 Å². The summed E-state index contributed by atoms with van der Waals surface area (Å²) in [5, 5.41) is 18.1. The van der Waals surface area contributed by atoms with E-state index in [1.165, 1.54) is 5.56 Å². The molecule has 0 aliphatic rings. The van der Waals surface area contributed by atoms with Crippen LogP contribution in [0.15, 0.2) is 59.8 Å². The van der Waals surface area contributed by atoms with Crippen LogP contribution in [-0.4, -0.2) is 34.9 Å². The topological polar surface area (TPSA) is 88.1 Å². The van der Waals surface area contributed by atoms with Gasteiger partial charge in [0, 0.05) is 47.5 Å². The molecule has 0 aliphatic carbocycles. The molecule has 0 aromatic carbocycles. The fourth-order valence-corrected chi connectivity index (χ4v) is 4.32. The monoisotopic (exact) mass is 397 g/mol. The van der Waals surface area contributed by atoms with E-state index < -0.39 is 0 Å². The predicted molar refractivity (Wildman–Crippen MR) is 114 cm³/mol. The van der Waals surface area contributed by atoms with Gasteiger partial charge in [0.15, 0.2) is 5.65 Å². The first kappa shape index (κ1) is 16.2. The molecule has 6 aromatic rings. The van der Waals surface area contributed by atoms with Crippen molar-refractivity contribution in [2.45, 2.75) is 0 Å². The van der Waals surface area contributed by atoms with E-state index in [1.54, 1.807) is 16.0 Å². The van der Waals surface area contributed by atoms with Gasteiger partial charge in [-0.05, 0) is 46.2 Å². The lowest BCUT2D eigenvalue weighted by atomic mass is 10.1. The van der Waals surface area contributed by atoms with Crippen molar-refractivity contribution in [1.29, 1.82) is 0 Å². The summed E-state index contributed by atoms with van der Waals surface area (Å²) in [5.41, 5.74) is 7.74. The second kappa shape index (κ2) is 6.11. The Hall–Kier alpha value is -3.78. The molecule has 29 heavy (non-hydrogen) atoms. The van der Waals surface area contributed by atoms with Crippen molar-refractivity contribution < 1.29 is 0 Å². The van der Waals surface area contributed by atoms with Gasteiger partial charge >= 0.3 is 0 Å². The summed E-state index contributed by atoms with van der Waals surface area (Å²) < 4.78 is 1.78. The summed E-state index contributed by atoms with van der Waals surface area (Å²) in [6.45, 7) is 0. The first-order chi connectivity index (χ1) is 14.3. The molecule has 7 nitrogen and oxygen atoms in total. The zero-order valence-electron chi connectivity index (χ0n) is 15.4. The minimum absolute atomic E-state index is 0.678. The first-order valence-electron chi connectivity index (χ1n) is 9.10. The van der Waals surface area contributed by atoms with E-state index in [1.807, 2.05) is 31.8 Å². The van der Waals surface area contributed by atoms with Crippen molar-refractivity contribution in [2.24, 2.45) is 7.05 Å². The summed E-state index contributed by atoms with van der Waals surface area (Å²) in [6, 6.07) is 8.40. The standard InChI is InChI=1S/C21H15N7S/c1-28-10-14(9-24-28)13-6-17-19(26-27-21(17)23-8-13)18-7-16-15(12-3-5-29-11-12)2-4-22-20(16)25-18/h2-11H,1H3,(H,22,25)(H,23,26,27). The van der Waals surface area contributed by atoms with Crippen LogP contribution >= 0.6 is 11.3 Å². The maximum Gasteiger partial charge on any atom is 0.181 e. The number of nitrogens with zero attached hydrogens (tertiary/aromatic N) is 5. The van der Waals surface area contributed by atoms with Crippen LogP contribution < -0.4 is 0 Å². The number of hydrogen-bond acceptors (Lipinski definition) is 5. The molecular weight excluding hydrogens is 382 g/mol. The Kier molecular flexibility index (Phi) is 3.41. The van der Waals surface area contributed by atoms with Crippen molar-refractivity contribution in [3.63, 3.8) is 0 Å². The third-order valence-corrected chi connectivity index (χ3v) is 5.76. The van der Waals surface area contributed by atoms with Gasteiger partial charge in [-0.15, -0.1) is 0 Å². The number of aryl methyl sites for hydroxylation is 1. The molecule has 0 unspecified atom stereocenters. The molecule has 6 rings (SSSR count). The van der Waals surface area contributed by atoms with Crippen molar-refractivity contribution in [2.75, 3.05) is 0 Å². The van der Waals surface area contributed by atoms with Crippen molar-refractivity contribution in [1.82, 2.24) is 34.9 Å². The average molecular weight is 397 g/mol. The van der Waals surface area contributed by atoms with E-state index in [2.05, 4.69) is 65.3 Å². The Labute approximate surface area is 169 Å². The van der Waals surface area contributed by atoms with Crippen LogP contribution in [0.5, 0.6) is 0 Å². The lowest BCUT2D eigenvalue weighted by Gasteiger charge is -1.98. The Morgan fingerprint density at radius 3 is 2.79 bits per heavy atom. The van der Waals surface area contributed by atoms with Crippen LogP contribution in [0.1, 0.15) is 0 Å². The Bertz CT molecular complexity index is 1470. The highest BCUT2D eigenvalue weighted by Crippen LogP contribution is 2.34. The van der Waals surface area contributed by atoms with Crippen LogP contribution in [-0.2, 0) is 7.05 Å². The van der Waals surface area contributed by atoms with Gasteiger partial charge in [-0.2, -0.15) is 21.5 Å². The molecule has 0 aliphatic heterocycles. The number of fused-ring (bicyclic) bond motifs is 2. The highest BCUT2D eigenvalue weighted by Gasteiger charge is 2.15. The molecule has 140 valence electrons. The molecule has 6 aromatic heterocycles. The normalized spacial score (nSPS) is 11.6. The number of pyridine rings is 2. The lowest BCUT2D eigenvalue weighted by molar-refractivity contribution is 0.768. The summed E-state index contributed by atoms with van der Waals surface area (Å²) in [4.78, 5) is 12.5. The third kappa shape index (κ3) is 2.57. The SMILES string of the molecule is Cn1cc(-c2cnc3n[nH]c(-c4cc5c(-c6ccsc6)ccnc5[nH]4)c3c2)cn1. The molecule has 0 amide bonds. The largest absolute Gasteiger partial charge is 0.338 e. The van der Waals surface area contributed by atoms with E-state index >= 15 is 0 Å². The van der Waals surface area contributed by atoms with Crippen molar-refractivity contribution >= 4 is 33.4 Å². The van der Waals surface area contributed by atoms with Gasteiger partial charge in [-0.25, -0.2) is 9.97 Å². The fraction of sp³-hybridized carbons (Fsp3) is 0.0476. The molecule has 0 radical (unpaired) electrons. The minimum atomic E-state index is 0.678. The number of nitrogens with one attached hydrogen (secondary N) is 2. The molecule has 0 spiro atoms. The van der Waals surface area contributed by atoms with Crippen LogP contribution in [0.2, 0.25) is 0 Å². The Morgan fingerprint density at radius 1 is 1.00 bits per heavy atom. The number of thiophene rings is 1. The molecule has 6 heterocycles. The summed E-state index contributed by atoms with van der Waals surface area (Å²) in [5.74, 6) is 0.